The molecule has 0 aromatic heterocycles. The Kier molecular flexibility index (Phi) is 12.8. The maximum atomic E-state index is 14.8. The number of carbonyl (C=O) groups excluding carboxylic acids is 2. The van der Waals surface area contributed by atoms with Crippen molar-refractivity contribution < 1.29 is 22.7 Å². The van der Waals surface area contributed by atoms with Crippen LogP contribution >= 0.6 is 23.2 Å². The third-order valence-corrected chi connectivity index (χ3v) is 11.4. The lowest BCUT2D eigenvalue weighted by molar-refractivity contribution is -0.140. The Morgan fingerprint density at radius 2 is 1.54 bits per heavy atom. The quantitative estimate of drug-likeness (QED) is 0.142. The molecule has 264 valence electrons. The standard InChI is InChI=1S/C39H43Cl2N3O5S/c1-3-49-33-19-21-34(22-20-33)50(47,48)44(32-17-14-28(2)15-18-32)27-38(45)43(26-30-16-23-35(40)36(41)24-30)37(25-29-10-6-4-7-11-29)39(46)42-31-12-8-5-9-13-31/h4,6-7,10-11,14-24,31,37H,3,5,8-9,12-13,25-27H2,1-2H3,(H,42,46)/t37-/m0/s1. The average Bonchev–Trinajstić information content (AvgIpc) is 3.12. The highest BCUT2D eigenvalue weighted by molar-refractivity contribution is 7.92. The summed E-state index contributed by atoms with van der Waals surface area (Å²) in [5, 5.41) is 3.89. The summed E-state index contributed by atoms with van der Waals surface area (Å²) in [4.78, 5) is 30.5. The Balaban J connectivity index is 1.56. The molecule has 4 aromatic rings. The second-order valence-electron chi connectivity index (χ2n) is 12.6. The molecule has 50 heavy (non-hydrogen) atoms. The van der Waals surface area contributed by atoms with Crippen LogP contribution in [0, 0.1) is 6.92 Å². The van der Waals surface area contributed by atoms with Gasteiger partial charge in [0, 0.05) is 19.0 Å². The molecule has 11 heteroatoms. The monoisotopic (exact) mass is 735 g/mol. The van der Waals surface area contributed by atoms with Crippen LogP contribution in [0.15, 0.2) is 102 Å². The number of amides is 2. The summed E-state index contributed by atoms with van der Waals surface area (Å²) in [6, 6.07) is 26.7. The molecule has 0 saturated heterocycles. The molecule has 0 aliphatic heterocycles. The fraction of sp³-hybridized carbons (Fsp3) is 0.333. The Hall–Kier alpha value is -4.05. The molecule has 4 aromatic carbocycles. The van der Waals surface area contributed by atoms with Crippen molar-refractivity contribution in [2.45, 2.75) is 75.9 Å². The summed E-state index contributed by atoms with van der Waals surface area (Å²) in [6.07, 6.45) is 5.13. The van der Waals surface area contributed by atoms with E-state index in [-0.39, 0.29) is 29.8 Å². The third-order valence-electron chi connectivity index (χ3n) is 8.88. The second-order valence-corrected chi connectivity index (χ2v) is 15.2. The Morgan fingerprint density at radius 1 is 0.860 bits per heavy atom. The van der Waals surface area contributed by atoms with Gasteiger partial charge in [0.2, 0.25) is 11.8 Å². The van der Waals surface area contributed by atoms with Gasteiger partial charge in [-0.25, -0.2) is 8.42 Å². The van der Waals surface area contributed by atoms with E-state index in [0.29, 0.717) is 33.7 Å². The Morgan fingerprint density at radius 3 is 2.18 bits per heavy atom. The topological polar surface area (TPSA) is 96.0 Å². The molecule has 2 amide bonds. The zero-order valence-electron chi connectivity index (χ0n) is 28.4. The predicted molar refractivity (Wildman–Crippen MR) is 199 cm³/mol. The summed E-state index contributed by atoms with van der Waals surface area (Å²) >= 11 is 12.6. The predicted octanol–water partition coefficient (Wildman–Crippen LogP) is 7.98. The van der Waals surface area contributed by atoms with E-state index in [1.807, 2.05) is 44.2 Å². The van der Waals surface area contributed by atoms with Crippen molar-refractivity contribution in [1.82, 2.24) is 10.2 Å². The maximum Gasteiger partial charge on any atom is 0.264 e. The van der Waals surface area contributed by atoms with Gasteiger partial charge in [-0.15, -0.1) is 0 Å². The van der Waals surface area contributed by atoms with E-state index in [2.05, 4.69) is 5.32 Å². The summed E-state index contributed by atoms with van der Waals surface area (Å²) in [5.41, 5.74) is 2.76. The van der Waals surface area contributed by atoms with E-state index >= 15 is 0 Å². The van der Waals surface area contributed by atoms with Gasteiger partial charge in [0.15, 0.2) is 0 Å². The second kappa shape index (κ2) is 17.2. The van der Waals surface area contributed by atoms with Crippen molar-refractivity contribution in [2.75, 3.05) is 17.5 Å². The lowest BCUT2D eigenvalue weighted by atomic mass is 9.94. The largest absolute Gasteiger partial charge is 0.494 e. The van der Waals surface area contributed by atoms with Crippen molar-refractivity contribution in [1.29, 1.82) is 0 Å². The van der Waals surface area contributed by atoms with Crippen LogP contribution < -0.4 is 14.4 Å². The SMILES string of the molecule is CCOc1ccc(S(=O)(=O)N(CC(=O)N(Cc2ccc(Cl)c(Cl)c2)[C@@H](Cc2ccccc2)C(=O)NC2CCCCC2)c2ccc(C)cc2)cc1. The zero-order chi connectivity index (χ0) is 35.7. The van der Waals surface area contributed by atoms with Crippen LogP contribution in [0.2, 0.25) is 10.0 Å². The van der Waals surface area contributed by atoms with Gasteiger partial charge < -0.3 is 15.0 Å². The van der Waals surface area contributed by atoms with Crippen LogP contribution in [0.3, 0.4) is 0 Å². The van der Waals surface area contributed by atoms with Crippen LogP contribution in [-0.4, -0.2) is 50.4 Å². The smallest absolute Gasteiger partial charge is 0.264 e. The number of hydrogen-bond acceptors (Lipinski definition) is 5. The van der Waals surface area contributed by atoms with E-state index in [1.54, 1.807) is 54.6 Å². The van der Waals surface area contributed by atoms with E-state index in [9.17, 15) is 18.0 Å². The first-order valence-corrected chi connectivity index (χ1v) is 19.1. The minimum atomic E-state index is -4.25. The van der Waals surface area contributed by atoms with Crippen LogP contribution in [0.1, 0.15) is 55.7 Å². The Labute approximate surface area is 305 Å². The molecule has 1 saturated carbocycles. The van der Waals surface area contributed by atoms with Gasteiger partial charge in [-0.05, 0) is 86.3 Å². The van der Waals surface area contributed by atoms with Crippen molar-refractivity contribution >= 4 is 50.7 Å². The highest BCUT2D eigenvalue weighted by Gasteiger charge is 2.35. The number of sulfonamides is 1. The lowest BCUT2D eigenvalue weighted by Crippen LogP contribution is -2.55. The lowest BCUT2D eigenvalue weighted by Gasteiger charge is -2.35. The van der Waals surface area contributed by atoms with E-state index in [1.165, 1.54) is 17.0 Å². The highest BCUT2D eigenvalue weighted by atomic mass is 35.5. The molecule has 1 N–H and O–H groups in total. The third kappa shape index (κ3) is 9.59. The first kappa shape index (κ1) is 37.2. The number of aryl methyl sites for hydroxylation is 1. The van der Waals surface area contributed by atoms with Gasteiger partial charge in [0.25, 0.3) is 10.0 Å². The first-order valence-electron chi connectivity index (χ1n) is 16.9. The number of nitrogens with zero attached hydrogens (tertiary/aromatic N) is 2. The number of anilines is 1. The average molecular weight is 737 g/mol. The molecule has 1 aliphatic carbocycles. The minimum Gasteiger partial charge on any atom is -0.494 e. The maximum absolute atomic E-state index is 14.8. The highest BCUT2D eigenvalue weighted by Crippen LogP contribution is 2.28. The van der Waals surface area contributed by atoms with E-state index in [4.69, 9.17) is 27.9 Å². The van der Waals surface area contributed by atoms with Crippen molar-refractivity contribution in [3.63, 3.8) is 0 Å². The van der Waals surface area contributed by atoms with Gasteiger partial charge in [0.05, 0.1) is 27.2 Å². The van der Waals surface area contributed by atoms with Crippen molar-refractivity contribution in [3.8, 4) is 5.75 Å². The number of benzene rings is 4. The molecule has 5 rings (SSSR count). The van der Waals surface area contributed by atoms with Crippen LogP contribution in [0.5, 0.6) is 5.75 Å². The van der Waals surface area contributed by atoms with Crippen LogP contribution in [0.25, 0.3) is 0 Å². The number of nitrogens with one attached hydrogen (secondary N) is 1. The molecule has 8 nitrogen and oxygen atoms in total. The van der Waals surface area contributed by atoms with Gasteiger partial charge in [-0.2, -0.15) is 0 Å². The molecular formula is C39H43Cl2N3O5S. The molecule has 0 radical (unpaired) electrons. The van der Waals surface area contributed by atoms with E-state index in [0.717, 1.165) is 47.5 Å². The van der Waals surface area contributed by atoms with E-state index < -0.39 is 28.5 Å². The first-order chi connectivity index (χ1) is 24.0. The fourth-order valence-corrected chi connectivity index (χ4v) is 7.91. The van der Waals surface area contributed by atoms with Crippen molar-refractivity contribution in [3.05, 3.63) is 124 Å². The van der Waals surface area contributed by atoms with Crippen molar-refractivity contribution in [2.24, 2.45) is 0 Å². The van der Waals surface area contributed by atoms with Gasteiger partial charge in [-0.3, -0.25) is 13.9 Å². The molecule has 0 heterocycles. The minimum absolute atomic E-state index is 0.000505. The molecule has 0 bridgehead atoms. The molecule has 1 atom stereocenters. The van der Waals surface area contributed by atoms with Crippen LogP contribution in [0.4, 0.5) is 5.69 Å². The summed E-state index contributed by atoms with van der Waals surface area (Å²) in [7, 11) is -4.25. The molecular weight excluding hydrogens is 693 g/mol. The number of carbonyl (C=O) groups is 2. The fourth-order valence-electron chi connectivity index (χ4n) is 6.17. The van der Waals surface area contributed by atoms with Crippen LogP contribution in [-0.2, 0) is 32.6 Å². The summed E-state index contributed by atoms with van der Waals surface area (Å²) in [5.74, 6) is -0.304. The van der Waals surface area contributed by atoms with Gasteiger partial charge in [0.1, 0.15) is 18.3 Å². The molecule has 1 aliphatic rings. The molecule has 0 spiro atoms. The van der Waals surface area contributed by atoms with Gasteiger partial charge >= 0.3 is 0 Å². The molecule has 1 fully saturated rings. The number of halogens is 2. The number of hydrogen-bond donors (Lipinski definition) is 1. The normalized spacial score (nSPS) is 14.1. The zero-order valence-corrected chi connectivity index (χ0v) is 30.7. The molecule has 0 unspecified atom stereocenters. The Bertz CT molecular complexity index is 1850. The van der Waals surface area contributed by atoms with Gasteiger partial charge in [-0.1, -0.05) is 96.6 Å². The summed E-state index contributed by atoms with van der Waals surface area (Å²) < 4.78 is 35.3. The number of ether oxygens (including phenoxy) is 1. The number of rotatable bonds is 14. The summed E-state index contributed by atoms with van der Waals surface area (Å²) in [6.45, 7) is 3.62.